The summed E-state index contributed by atoms with van der Waals surface area (Å²) in [5.41, 5.74) is 6.56. The molecule has 3 unspecified atom stereocenters. The Hall–Kier alpha value is -2.61. The number of ether oxygens (including phenoxy) is 3. The molecule has 7 nitrogen and oxygen atoms in total. The van der Waals surface area contributed by atoms with Crippen molar-refractivity contribution in [2.24, 2.45) is 5.73 Å². The zero-order chi connectivity index (χ0) is 21.8. The molecule has 4 N–H and O–H groups in total. The number of nitrogens with one attached hydrogen (secondary N) is 1. The molecule has 3 atom stereocenters. The normalized spacial score (nSPS) is 14.0. The predicted octanol–water partition coefficient (Wildman–Crippen LogP) is 1.92. The summed E-state index contributed by atoms with van der Waals surface area (Å²) in [6, 6.07) is 16.9. The standard InChI is InChI=1S/C23H32N2O5/c1-3-21(28-2)22(23(24)27)30-20-11-9-17(10-12-20)13-14-25-15-18(26)16-29-19-7-5-4-6-8-19/h4-12,18,21-22,25-26H,3,13-16H2,1-2H3,(H2,24,27). The number of hydrogen-bond acceptors (Lipinski definition) is 6. The average molecular weight is 417 g/mol. The van der Waals surface area contributed by atoms with Crippen LogP contribution in [-0.4, -0.2) is 56.1 Å². The molecule has 0 spiro atoms. The van der Waals surface area contributed by atoms with E-state index in [1.807, 2.05) is 61.5 Å². The number of methoxy groups -OCH3 is 1. The molecule has 2 aromatic carbocycles. The molecule has 0 bridgehead atoms. The van der Waals surface area contributed by atoms with Gasteiger partial charge in [-0.15, -0.1) is 0 Å². The molecule has 7 heteroatoms. The van der Waals surface area contributed by atoms with E-state index < -0.39 is 18.1 Å². The van der Waals surface area contributed by atoms with Crippen LogP contribution in [0.5, 0.6) is 11.5 Å². The largest absolute Gasteiger partial charge is 0.491 e. The molecular formula is C23H32N2O5. The van der Waals surface area contributed by atoms with Crippen LogP contribution >= 0.6 is 0 Å². The van der Waals surface area contributed by atoms with Crippen molar-refractivity contribution in [3.05, 3.63) is 60.2 Å². The third kappa shape index (κ3) is 8.02. The molecule has 0 aromatic heterocycles. The summed E-state index contributed by atoms with van der Waals surface area (Å²) in [6.45, 7) is 3.32. The highest BCUT2D eigenvalue weighted by atomic mass is 16.5. The van der Waals surface area contributed by atoms with Crippen LogP contribution in [0.1, 0.15) is 18.9 Å². The van der Waals surface area contributed by atoms with Crippen LogP contribution < -0.4 is 20.5 Å². The summed E-state index contributed by atoms with van der Waals surface area (Å²) in [6.07, 6.45) is -0.382. The topological polar surface area (TPSA) is 103 Å². The molecule has 0 saturated carbocycles. The maximum atomic E-state index is 11.7. The van der Waals surface area contributed by atoms with Gasteiger partial charge >= 0.3 is 0 Å². The lowest BCUT2D eigenvalue weighted by Gasteiger charge is -2.23. The maximum Gasteiger partial charge on any atom is 0.261 e. The van der Waals surface area contributed by atoms with Crippen LogP contribution in [0, 0.1) is 0 Å². The maximum absolute atomic E-state index is 11.7. The Kier molecular flexibility index (Phi) is 10.1. The summed E-state index contributed by atoms with van der Waals surface area (Å²) in [5, 5.41) is 13.2. The van der Waals surface area contributed by atoms with Crippen molar-refractivity contribution in [3.63, 3.8) is 0 Å². The van der Waals surface area contributed by atoms with Crippen LogP contribution in [0.15, 0.2) is 54.6 Å². The van der Waals surface area contributed by atoms with Gasteiger partial charge in [0.15, 0.2) is 0 Å². The third-order valence-electron chi connectivity index (χ3n) is 4.67. The van der Waals surface area contributed by atoms with Gasteiger partial charge in [0.05, 0.1) is 0 Å². The Morgan fingerprint density at radius 3 is 2.40 bits per heavy atom. The molecule has 164 valence electrons. The fourth-order valence-corrected chi connectivity index (χ4v) is 2.97. The van der Waals surface area contributed by atoms with Crippen LogP contribution in [-0.2, 0) is 16.0 Å². The van der Waals surface area contributed by atoms with Crippen molar-refractivity contribution in [2.45, 2.75) is 38.1 Å². The molecule has 0 aliphatic rings. The van der Waals surface area contributed by atoms with Crippen LogP contribution in [0.4, 0.5) is 0 Å². The molecular weight excluding hydrogens is 384 g/mol. The molecule has 0 aliphatic heterocycles. The Balaban J connectivity index is 1.70. The zero-order valence-electron chi connectivity index (χ0n) is 17.6. The molecule has 1 amide bonds. The number of primary amides is 1. The highest BCUT2D eigenvalue weighted by molar-refractivity contribution is 5.80. The van der Waals surface area contributed by atoms with Crippen molar-refractivity contribution >= 4 is 5.91 Å². The van der Waals surface area contributed by atoms with E-state index in [4.69, 9.17) is 19.9 Å². The summed E-state index contributed by atoms with van der Waals surface area (Å²) >= 11 is 0. The van der Waals surface area contributed by atoms with Gasteiger partial charge in [0.25, 0.3) is 5.91 Å². The number of nitrogens with two attached hydrogens (primary N) is 1. The minimum Gasteiger partial charge on any atom is -0.491 e. The van der Waals surface area contributed by atoms with E-state index in [2.05, 4.69) is 5.32 Å². The fraction of sp³-hybridized carbons (Fsp3) is 0.435. The van der Waals surface area contributed by atoms with E-state index in [-0.39, 0.29) is 12.7 Å². The second kappa shape index (κ2) is 12.8. The summed E-state index contributed by atoms with van der Waals surface area (Å²) in [5.74, 6) is 0.763. The minimum absolute atomic E-state index is 0.240. The molecule has 0 aliphatic carbocycles. The number of hydrogen-bond donors (Lipinski definition) is 3. The molecule has 0 fully saturated rings. The van der Waals surface area contributed by atoms with Gasteiger partial charge in [0, 0.05) is 13.7 Å². The molecule has 0 radical (unpaired) electrons. The first-order chi connectivity index (χ1) is 14.5. The summed E-state index contributed by atoms with van der Waals surface area (Å²) in [7, 11) is 1.54. The van der Waals surface area contributed by atoms with Gasteiger partial charge in [-0.05, 0) is 49.2 Å². The van der Waals surface area contributed by atoms with E-state index in [1.165, 1.54) is 7.11 Å². The molecule has 0 saturated heterocycles. The van der Waals surface area contributed by atoms with Crippen molar-refractivity contribution in [1.29, 1.82) is 0 Å². The number of amides is 1. The molecule has 0 heterocycles. The number of para-hydroxylation sites is 1. The van der Waals surface area contributed by atoms with Gasteiger partial charge in [-0.25, -0.2) is 0 Å². The Labute approximate surface area is 178 Å². The predicted molar refractivity (Wildman–Crippen MR) is 116 cm³/mol. The smallest absolute Gasteiger partial charge is 0.261 e. The van der Waals surface area contributed by atoms with Crippen molar-refractivity contribution in [2.75, 3.05) is 26.8 Å². The Bertz CT molecular complexity index is 735. The molecule has 2 aromatic rings. The van der Waals surface area contributed by atoms with Gasteiger partial charge in [0.2, 0.25) is 6.10 Å². The second-order valence-corrected chi connectivity index (χ2v) is 7.00. The number of aliphatic hydroxyl groups excluding tert-OH is 1. The summed E-state index contributed by atoms with van der Waals surface area (Å²) in [4.78, 5) is 11.7. The first-order valence-corrected chi connectivity index (χ1v) is 10.2. The Morgan fingerprint density at radius 2 is 1.80 bits per heavy atom. The average Bonchev–Trinajstić information content (AvgIpc) is 2.77. The highest BCUT2D eigenvalue weighted by Crippen LogP contribution is 2.17. The van der Waals surface area contributed by atoms with Gasteiger partial charge < -0.3 is 30.4 Å². The minimum atomic E-state index is -0.827. The van der Waals surface area contributed by atoms with Gasteiger partial charge in [0.1, 0.15) is 30.3 Å². The number of carbonyl (C=O) groups is 1. The Morgan fingerprint density at radius 1 is 1.10 bits per heavy atom. The number of carbonyl (C=O) groups excluding carboxylic acids is 1. The molecule has 30 heavy (non-hydrogen) atoms. The van der Waals surface area contributed by atoms with E-state index >= 15 is 0 Å². The summed E-state index contributed by atoms with van der Waals surface area (Å²) < 4.78 is 16.5. The third-order valence-corrected chi connectivity index (χ3v) is 4.67. The lowest BCUT2D eigenvalue weighted by atomic mass is 10.1. The van der Waals surface area contributed by atoms with Gasteiger partial charge in [-0.2, -0.15) is 0 Å². The highest BCUT2D eigenvalue weighted by Gasteiger charge is 2.27. The fourth-order valence-electron chi connectivity index (χ4n) is 2.97. The number of benzene rings is 2. The monoisotopic (exact) mass is 416 g/mol. The molecule has 2 rings (SSSR count). The van der Waals surface area contributed by atoms with Crippen molar-refractivity contribution in [3.8, 4) is 11.5 Å². The van der Waals surface area contributed by atoms with Gasteiger partial charge in [-0.1, -0.05) is 37.3 Å². The van der Waals surface area contributed by atoms with E-state index in [0.717, 1.165) is 17.7 Å². The van der Waals surface area contributed by atoms with E-state index in [9.17, 15) is 9.90 Å². The SMILES string of the molecule is CCC(OC)C(Oc1ccc(CCNCC(O)COc2ccccc2)cc1)C(N)=O. The van der Waals surface area contributed by atoms with Crippen LogP contribution in [0.2, 0.25) is 0 Å². The van der Waals surface area contributed by atoms with E-state index in [0.29, 0.717) is 25.3 Å². The van der Waals surface area contributed by atoms with Gasteiger partial charge in [-0.3, -0.25) is 4.79 Å². The zero-order valence-corrected chi connectivity index (χ0v) is 17.6. The quantitative estimate of drug-likeness (QED) is 0.407. The van der Waals surface area contributed by atoms with Crippen molar-refractivity contribution in [1.82, 2.24) is 5.32 Å². The first kappa shape index (κ1) is 23.7. The van der Waals surface area contributed by atoms with E-state index in [1.54, 1.807) is 0 Å². The first-order valence-electron chi connectivity index (χ1n) is 10.2. The van der Waals surface area contributed by atoms with Crippen LogP contribution in [0.3, 0.4) is 0 Å². The van der Waals surface area contributed by atoms with Crippen molar-refractivity contribution < 1.29 is 24.1 Å². The lowest BCUT2D eigenvalue weighted by molar-refractivity contribution is -0.131. The van der Waals surface area contributed by atoms with Crippen LogP contribution in [0.25, 0.3) is 0 Å². The second-order valence-electron chi connectivity index (χ2n) is 7.00. The number of rotatable bonds is 14. The lowest BCUT2D eigenvalue weighted by Crippen LogP contribution is -2.44. The number of aliphatic hydroxyl groups is 1.